The number of hydrogen-bond acceptors (Lipinski definition) is 3. The second-order valence-corrected chi connectivity index (χ2v) is 3.29. The maximum absolute atomic E-state index is 5.59. The Bertz CT molecular complexity index is 106. The molecule has 0 aromatic heterocycles. The molecule has 3 heteroatoms. The Morgan fingerprint density at radius 3 is 2.23 bits per heavy atom. The molecule has 0 spiro atoms. The summed E-state index contributed by atoms with van der Waals surface area (Å²) in [5.74, 6) is 0. The Morgan fingerprint density at radius 1 is 1.08 bits per heavy atom. The Balaban J connectivity index is 3.32. The third-order valence-electron chi connectivity index (χ3n) is 1.57. The van der Waals surface area contributed by atoms with Gasteiger partial charge in [-0.15, -0.1) is 0 Å². The number of ether oxygens (including phenoxy) is 3. The van der Waals surface area contributed by atoms with Crippen molar-refractivity contribution in [3.63, 3.8) is 0 Å². The van der Waals surface area contributed by atoms with Crippen LogP contribution in [0.2, 0.25) is 0 Å². The van der Waals surface area contributed by atoms with Crippen molar-refractivity contribution in [3.8, 4) is 0 Å². The molecular weight excluding hydrogens is 168 g/mol. The first kappa shape index (κ1) is 12.9. The van der Waals surface area contributed by atoms with Crippen LogP contribution in [0.3, 0.4) is 0 Å². The van der Waals surface area contributed by atoms with Gasteiger partial charge in [0.15, 0.2) is 0 Å². The molecule has 0 radical (unpaired) electrons. The molecule has 0 saturated carbocycles. The highest BCUT2D eigenvalue weighted by molar-refractivity contribution is 4.53. The molecule has 0 aliphatic heterocycles. The third-order valence-corrected chi connectivity index (χ3v) is 1.57. The van der Waals surface area contributed by atoms with Gasteiger partial charge in [0.2, 0.25) is 0 Å². The lowest BCUT2D eigenvalue weighted by Gasteiger charge is -2.18. The zero-order valence-electron chi connectivity index (χ0n) is 9.21. The molecule has 2 unspecified atom stereocenters. The third kappa shape index (κ3) is 8.22. The molecule has 0 aliphatic carbocycles. The maximum Gasteiger partial charge on any atom is 0.0785 e. The first-order chi connectivity index (χ1) is 6.20. The molecule has 0 aromatic rings. The number of methoxy groups -OCH3 is 1. The summed E-state index contributed by atoms with van der Waals surface area (Å²) in [6.45, 7) is 8.23. The van der Waals surface area contributed by atoms with E-state index in [2.05, 4.69) is 6.92 Å². The van der Waals surface area contributed by atoms with Gasteiger partial charge in [0.1, 0.15) is 0 Å². The van der Waals surface area contributed by atoms with Gasteiger partial charge in [-0.25, -0.2) is 0 Å². The molecule has 0 amide bonds. The van der Waals surface area contributed by atoms with Crippen molar-refractivity contribution < 1.29 is 14.2 Å². The number of hydrogen-bond donors (Lipinski definition) is 0. The molecule has 0 N–H and O–H groups in total. The Kier molecular flexibility index (Phi) is 8.40. The highest BCUT2D eigenvalue weighted by atomic mass is 16.6. The Morgan fingerprint density at radius 2 is 1.69 bits per heavy atom. The highest BCUT2D eigenvalue weighted by Crippen LogP contribution is 1.99. The van der Waals surface area contributed by atoms with Crippen LogP contribution >= 0.6 is 0 Å². The predicted octanol–water partition coefficient (Wildman–Crippen LogP) is 1.85. The second kappa shape index (κ2) is 8.48. The van der Waals surface area contributed by atoms with E-state index in [0.717, 1.165) is 13.0 Å². The zero-order chi connectivity index (χ0) is 10.1. The van der Waals surface area contributed by atoms with Gasteiger partial charge in [0.05, 0.1) is 25.4 Å². The van der Waals surface area contributed by atoms with Gasteiger partial charge in [-0.05, 0) is 20.3 Å². The van der Waals surface area contributed by atoms with Crippen molar-refractivity contribution in [1.82, 2.24) is 0 Å². The summed E-state index contributed by atoms with van der Waals surface area (Å²) < 4.78 is 15.9. The standard InChI is InChI=1S/C10H22O3/c1-5-6-12-8-10(3)13-9(2)7-11-4/h9-10H,5-8H2,1-4H3. The van der Waals surface area contributed by atoms with Crippen LogP contribution in [0.5, 0.6) is 0 Å². The van der Waals surface area contributed by atoms with E-state index in [1.54, 1.807) is 7.11 Å². The van der Waals surface area contributed by atoms with Crippen molar-refractivity contribution >= 4 is 0 Å². The zero-order valence-corrected chi connectivity index (χ0v) is 9.21. The summed E-state index contributed by atoms with van der Waals surface area (Å²) in [6, 6.07) is 0. The minimum atomic E-state index is 0.144. The quantitative estimate of drug-likeness (QED) is 0.547. The second-order valence-electron chi connectivity index (χ2n) is 3.29. The lowest BCUT2D eigenvalue weighted by molar-refractivity contribution is -0.0642. The average Bonchev–Trinajstić information content (AvgIpc) is 2.05. The van der Waals surface area contributed by atoms with E-state index in [0.29, 0.717) is 13.2 Å². The lowest BCUT2D eigenvalue weighted by Crippen LogP contribution is -2.25. The van der Waals surface area contributed by atoms with Crippen molar-refractivity contribution in [3.05, 3.63) is 0 Å². The van der Waals surface area contributed by atoms with Gasteiger partial charge in [-0.3, -0.25) is 0 Å². The van der Waals surface area contributed by atoms with E-state index in [-0.39, 0.29) is 12.2 Å². The molecule has 2 atom stereocenters. The molecule has 0 aromatic carbocycles. The van der Waals surface area contributed by atoms with Crippen LogP contribution in [-0.4, -0.2) is 39.1 Å². The van der Waals surface area contributed by atoms with Crippen molar-refractivity contribution in [2.24, 2.45) is 0 Å². The van der Waals surface area contributed by atoms with E-state index in [1.807, 2.05) is 13.8 Å². The van der Waals surface area contributed by atoms with E-state index >= 15 is 0 Å². The Labute approximate surface area is 81.4 Å². The van der Waals surface area contributed by atoms with Crippen molar-refractivity contribution in [2.45, 2.75) is 39.4 Å². The molecule has 3 nitrogen and oxygen atoms in total. The van der Waals surface area contributed by atoms with Gasteiger partial charge >= 0.3 is 0 Å². The fraction of sp³-hybridized carbons (Fsp3) is 1.00. The molecule has 0 aliphatic rings. The van der Waals surface area contributed by atoms with Gasteiger partial charge in [-0.2, -0.15) is 0 Å². The van der Waals surface area contributed by atoms with Crippen LogP contribution in [0.1, 0.15) is 27.2 Å². The first-order valence-electron chi connectivity index (χ1n) is 4.92. The maximum atomic E-state index is 5.59. The molecule has 0 bridgehead atoms. The molecule has 0 rings (SSSR count). The first-order valence-corrected chi connectivity index (χ1v) is 4.92. The average molecular weight is 190 g/mol. The van der Waals surface area contributed by atoms with E-state index < -0.39 is 0 Å². The summed E-state index contributed by atoms with van der Waals surface area (Å²) in [4.78, 5) is 0. The normalized spacial score (nSPS) is 15.7. The summed E-state index contributed by atoms with van der Waals surface area (Å²) in [6.07, 6.45) is 1.35. The largest absolute Gasteiger partial charge is 0.382 e. The SMILES string of the molecule is CCCOCC(C)OC(C)COC. The topological polar surface area (TPSA) is 27.7 Å². The van der Waals surface area contributed by atoms with Crippen LogP contribution < -0.4 is 0 Å². The summed E-state index contributed by atoms with van der Waals surface area (Å²) in [5, 5.41) is 0. The van der Waals surface area contributed by atoms with Crippen LogP contribution in [-0.2, 0) is 14.2 Å². The fourth-order valence-electron chi connectivity index (χ4n) is 1.10. The molecular formula is C10H22O3. The fourth-order valence-corrected chi connectivity index (χ4v) is 1.10. The van der Waals surface area contributed by atoms with E-state index in [1.165, 1.54) is 0 Å². The monoisotopic (exact) mass is 190 g/mol. The summed E-state index contributed by atoms with van der Waals surface area (Å²) >= 11 is 0. The van der Waals surface area contributed by atoms with Gasteiger partial charge in [0.25, 0.3) is 0 Å². The summed E-state index contributed by atoms with van der Waals surface area (Å²) in [7, 11) is 1.68. The highest BCUT2D eigenvalue weighted by Gasteiger charge is 2.07. The Hall–Kier alpha value is -0.120. The summed E-state index contributed by atoms with van der Waals surface area (Å²) in [5.41, 5.74) is 0. The molecule has 0 saturated heterocycles. The molecule has 80 valence electrons. The number of rotatable bonds is 8. The smallest absolute Gasteiger partial charge is 0.0785 e. The van der Waals surface area contributed by atoms with Crippen molar-refractivity contribution in [1.29, 1.82) is 0 Å². The van der Waals surface area contributed by atoms with Crippen molar-refractivity contribution in [2.75, 3.05) is 26.9 Å². The van der Waals surface area contributed by atoms with Crippen LogP contribution in [0.15, 0.2) is 0 Å². The van der Waals surface area contributed by atoms with Crippen LogP contribution in [0.25, 0.3) is 0 Å². The van der Waals surface area contributed by atoms with Gasteiger partial charge < -0.3 is 14.2 Å². The predicted molar refractivity (Wildman–Crippen MR) is 53.0 cm³/mol. The van der Waals surface area contributed by atoms with Gasteiger partial charge in [0, 0.05) is 13.7 Å². The minimum absolute atomic E-state index is 0.144. The van der Waals surface area contributed by atoms with E-state index in [4.69, 9.17) is 14.2 Å². The van der Waals surface area contributed by atoms with Crippen LogP contribution in [0, 0.1) is 0 Å². The van der Waals surface area contributed by atoms with Crippen LogP contribution in [0.4, 0.5) is 0 Å². The van der Waals surface area contributed by atoms with Gasteiger partial charge in [-0.1, -0.05) is 6.92 Å². The molecule has 0 fully saturated rings. The van der Waals surface area contributed by atoms with E-state index in [9.17, 15) is 0 Å². The minimum Gasteiger partial charge on any atom is -0.382 e. The molecule has 13 heavy (non-hydrogen) atoms. The lowest BCUT2D eigenvalue weighted by atomic mass is 10.4. The molecule has 0 heterocycles.